The second kappa shape index (κ2) is 5.13. The second-order valence-corrected chi connectivity index (χ2v) is 5.72. The molecule has 0 radical (unpaired) electrons. The lowest BCUT2D eigenvalue weighted by Crippen LogP contribution is -2.52. The van der Waals surface area contributed by atoms with Crippen LogP contribution in [0.1, 0.15) is 52.6 Å². The predicted molar refractivity (Wildman–Crippen MR) is 70.6 cm³/mol. The van der Waals surface area contributed by atoms with E-state index in [0.29, 0.717) is 23.3 Å². The minimum atomic E-state index is -1.14. The highest BCUT2D eigenvalue weighted by atomic mass is 32.1. The van der Waals surface area contributed by atoms with Gasteiger partial charge in [-0.05, 0) is 25.8 Å². The molecule has 6 heteroatoms. The molecule has 19 heavy (non-hydrogen) atoms. The Bertz CT molecular complexity index is 529. The Morgan fingerprint density at radius 3 is 2.42 bits per heavy atom. The van der Waals surface area contributed by atoms with Crippen LogP contribution in [-0.4, -0.2) is 28.3 Å². The normalized spacial score (nSPS) is 17.1. The molecule has 1 heterocycles. The van der Waals surface area contributed by atoms with Crippen molar-refractivity contribution in [2.45, 2.75) is 38.1 Å². The predicted octanol–water partition coefficient (Wildman–Crippen LogP) is 2.08. The van der Waals surface area contributed by atoms with E-state index in [-0.39, 0.29) is 5.78 Å². The fourth-order valence-corrected chi connectivity index (χ4v) is 3.13. The monoisotopic (exact) mass is 281 g/mol. The van der Waals surface area contributed by atoms with Crippen LogP contribution in [0, 0.1) is 0 Å². The molecule has 0 spiro atoms. The molecule has 0 aromatic carbocycles. The SMILES string of the molecule is CC(=O)c1csc(C(=O)NC2(C(=O)O)CCCC2)c1. The van der Waals surface area contributed by atoms with Gasteiger partial charge in [0.1, 0.15) is 5.54 Å². The lowest BCUT2D eigenvalue weighted by Gasteiger charge is -2.24. The lowest BCUT2D eigenvalue weighted by molar-refractivity contribution is -0.144. The van der Waals surface area contributed by atoms with Crippen molar-refractivity contribution in [2.75, 3.05) is 0 Å². The highest BCUT2D eigenvalue weighted by Gasteiger charge is 2.42. The van der Waals surface area contributed by atoms with E-state index in [2.05, 4.69) is 5.32 Å². The molecule has 102 valence electrons. The Kier molecular flexibility index (Phi) is 3.71. The summed E-state index contributed by atoms with van der Waals surface area (Å²) in [6.45, 7) is 1.43. The van der Waals surface area contributed by atoms with Crippen LogP contribution in [0.3, 0.4) is 0 Å². The van der Waals surface area contributed by atoms with Crippen LogP contribution in [0.15, 0.2) is 11.4 Å². The molecule has 1 saturated carbocycles. The largest absolute Gasteiger partial charge is 0.480 e. The summed E-state index contributed by atoms with van der Waals surface area (Å²) in [7, 11) is 0. The topological polar surface area (TPSA) is 83.5 Å². The molecule has 0 saturated heterocycles. The van der Waals surface area contributed by atoms with Gasteiger partial charge in [0.05, 0.1) is 4.88 Å². The summed E-state index contributed by atoms with van der Waals surface area (Å²) in [5, 5.41) is 13.5. The number of aliphatic carboxylic acids is 1. The van der Waals surface area contributed by atoms with Gasteiger partial charge in [-0.2, -0.15) is 0 Å². The molecule has 1 fully saturated rings. The number of hydrogen-bond donors (Lipinski definition) is 2. The van der Waals surface area contributed by atoms with Crippen LogP contribution in [0.2, 0.25) is 0 Å². The molecule has 1 aromatic heterocycles. The average Bonchev–Trinajstić information content (AvgIpc) is 2.97. The highest BCUT2D eigenvalue weighted by molar-refractivity contribution is 7.12. The maximum atomic E-state index is 12.1. The number of carbonyl (C=O) groups is 3. The Labute approximate surface area is 114 Å². The van der Waals surface area contributed by atoms with Crippen molar-refractivity contribution in [1.82, 2.24) is 5.32 Å². The zero-order valence-electron chi connectivity index (χ0n) is 10.6. The first kappa shape index (κ1) is 13.7. The second-order valence-electron chi connectivity index (χ2n) is 4.80. The summed E-state index contributed by atoms with van der Waals surface area (Å²) in [5.74, 6) is -1.51. The van der Waals surface area contributed by atoms with Crippen molar-refractivity contribution < 1.29 is 19.5 Å². The first-order valence-electron chi connectivity index (χ1n) is 6.10. The Hall–Kier alpha value is -1.69. The van der Waals surface area contributed by atoms with E-state index in [9.17, 15) is 19.5 Å². The zero-order valence-corrected chi connectivity index (χ0v) is 11.4. The third-order valence-corrected chi connectivity index (χ3v) is 4.38. The van der Waals surface area contributed by atoms with Gasteiger partial charge in [-0.1, -0.05) is 12.8 Å². The van der Waals surface area contributed by atoms with Crippen LogP contribution in [0.5, 0.6) is 0 Å². The van der Waals surface area contributed by atoms with Crippen molar-refractivity contribution in [2.24, 2.45) is 0 Å². The van der Waals surface area contributed by atoms with Gasteiger partial charge in [0.2, 0.25) is 0 Å². The Morgan fingerprint density at radius 1 is 1.32 bits per heavy atom. The van der Waals surface area contributed by atoms with Gasteiger partial charge in [-0.25, -0.2) is 4.79 Å². The maximum absolute atomic E-state index is 12.1. The van der Waals surface area contributed by atoms with E-state index in [1.165, 1.54) is 13.0 Å². The Morgan fingerprint density at radius 2 is 1.95 bits per heavy atom. The van der Waals surface area contributed by atoms with Crippen LogP contribution in [0.4, 0.5) is 0 Å². The van der Waals surface area contributed by atoms with Crippen LogP contribution < -0.4 is 5.32 Å². The number of nitrogens with one attached hydrogen (secondary N) is 1. The van der Waals surface area contributed by atoms with E-state index in [0.717, 1.165) is 24.2 Å². The van der Waals surface area contributed by atoms with Crippen molar-refractivity contribution in [3.63, 3.8) is 0 Å². The summed E-state index contributed by atoms with van der Waals surface area (Å²) >= 11 is 1.15. The first-order chi connectivity index (χ1) is 8.94. The van der Waals surface area contributed by atoms with E-state index in [1.54, 1.807) is 5.38 Å². The standard InChI is InChI=1S/C13H15NO4S/c1-8(15)9-6-10(19-7-9)11(16)14-13(12(17)18)4-2-3-5-13/h6-7H,2-5H2,1H3,(H,14,16)(H,17,18). The summed E-state index contributed by atoms with van der Waals surface area (Å²) in [5.41, 5.74) is -0.664. The van der Waals surface area contributed by atoms with Crippen molar-refractivity contribution in [3.8, 4) is 0 Å². The van der Waals surface area contributed by atoms with Gasteiger partial charge in [0.25, 0.3) is 5.91 Å². The highest BCUT2D eigenvalue weighted by Crippen LogP contribution is 2.30. The molecule has 2 N–H and O–H groups in total. The minimum Gasteiger partial charge on any atom is -0.480 e. The first-order valence-corrected chi connectivity index (χ1v) is 6.98. The molecule has 0 atom stereocenters. The maximum Gasteiger partial charge on any atom is 0.329 e. The smallest absolute Gasteiger partial charge is 0.329 e. The summed E-state index contributed by atoms with van der Waals surface area (Å²) in [4.78, 5) is 35.0. The number of thiophene rings is 1. The van der Waals surface area contributed by atoms with E-state index in [1.807, 2.05) is 0 Å². The number of Topliss-reactive ketones (excluding diaryl/α,β-unsaturated/α-hetero) is 1. The number of amides is 1. The third kappa shape index (κ3) is 2.68. The molecule has 1 aliphatic rings. The van der Waals surface area contributed by atoms with Gasteiger partial charge in [-0.3, -0.25) is 9.59 Å². The number of rotatable bonds is 4. The molecular formula is C13H15NO4S. The molecule has 0 aliphatic heterocycles. The lowest BCUT2D eigenvalue weighted by atomic mass is 9.98. The molecule has 0 unspecified atom stereocenters. The molecule has 2 rings (SSSR count). The molecule has 0 bridgehead atoms. The summed E-state index contributed by atoms with van der Waals surface area (Å²) in [6, 6.07) is 1.51. The van der Waals surface area contributed by atoms with Gasteiger partial charge < -0.3 is 10.4 Å². The quantitative estimate of drug-likeness (QED) is 0.828. The van der Waals surface area contributed by atoms with Crippen LogP contribution >= 0.6 is 11.3 Å². The average molecular weight is 281 g/mol. The molecular weight excluding hydrogens is 266 g/mol. The minimum absolute atomic E-state index is 0.107. The van der Waals surface area contributed by atoms with Crippen molar-refractivity contribution in [1.29, 1.82) is 0 Å². The van der Waals surface area contributed by atoms with Crippen LogP contribution in [-0.2, 0) is 4.79 Å². The fraction of sp³-hybridized carbons (Fsp3) is 0.462. The number of carbonyl (C=O) groups excluding carboxylic acids is 2. The molecule has 1 aromatic rings. The number of carboxylic acids is 1. The third-order valence-electron chi connectivity index (χ3n) is 3.45. The van der Waals surface area contributed by atoms with Crippen molar-refractivity contribution in [3.05, 3.63) is 21.9 Å². The van der Waals surface area contributed by atoms with Gasteiger partial charge >= 0.3 is 5.97 Å². The van der Waals surface area contributed by atoms with Crippen molar-refractivity contribution >= 4 is 29.0 Å². The number of carboxylic acid groups (broad SMARTS) is 1. The van der Waals surface area contributed by atoms with Gasteiger partial charge in [0, 0.05) is 10.9 Å². The Balaban J connectivity index is 2.15. The van der Waals surface area contributed by atoms with Crippen LogP contribution in [0.25, 0.3) is 0 Å². The number of ketones is 1. The van der Waals surface area contributed by atoms with E-state index in [4.69, 9.17) is 0 Å². The molecule has 1 aliphatic carbocycles. The van der Waals surface area contributed by atoms with Gasteiger partial charge in [0.15, 0.2) is 5.78 Å². The van der Waals surface area contributed by atoms with E-state index < -0.39 is 17.4 Å². The van der Waals surface area contributed by atoms with Gasteiger partial charge in [-0.15, -0.1) is 11.3 Å². The van der Waals surface area contributed by atoms with E-state index >= 15 is 0 Å². The summed E-state index contributed by atoms with van der Waals surface area (Å²) in [6.07, 6.45) is 2.52. The number of hydrogen-bond acceptors (Lipinski definition) is 4. The summed E-state index contributed by atoms with van der Waals surface area (Å²) < 4.78 is 0. The molecule has 5 nitrogen and oxygen atoms in total. The fourth-order valence-electron chi connectivity index (χ4n) is 2.29. The zero-order chi connectivity index (χ0) is 14.0. The molecule has 1 amide bonds.